The molecule has 1 rings (SSSR count). The number of esters is 1. The van der Waals surface area contributed by atoms with Crippen LogP contribution < -0.4 is 10.1 Å². The molecule has 5 heteroatoms. The molecule has 0 unspecified atom stereocenters. The van der Waals surface area contributed by atoms with Crippen molar-refractivity contribution in [3.8, 4) is 5.75 Å². The number of hydrogen-bond donors (Lipinski definition) is 1. The van der Waals surface area contributed by atoms with Crippen LogP contribution in [-0.2, 0) is 14.3 Å². The van der Waals surface area contributed by atoms with Crippen LogP contribution in [0.5, 0.6) is 5.75 Å². The summed E-state index contributed by atoms with van der Waals surface area (Å²) >= 11 is 0. The summed E-state index contributed by atoms with van der Waals surface area (Å²) in [5.41, 5.74) is 0. The van der Waals surface area contributed by atoms with Crippen LogP contribution in [0.2, 0.25) is 0 Å². The van der Waals surface area contributed by atoms with Gasteiger partial charge >= 0.3 is 5.97 Å². The summed E-state index contributed by atoms with van der Waals surface area (Å²) in [4.78, 5) is 22.3. The third-order valence-corrected chi connectivity index (χ3v) is 2.01. The Morgan fingerprint density at radius 3 is 2.53 bits per heavy atom. The van der Waals surface area contributed by atoms with Crippen molar-refractivity contribution in [2.75, 3.05) is 13.7 Å². The lowest BCUT2D eigenvalue weighted by Crippen LogP contribution is -2.31. The lowest BCUT2D eigenvalue weighted by atomic mass is 10.3. The van der Waals surface area contributed by atoms with Crippen LogP contribution in [0.1, 0.15) is 6.92 Å². The number of rotatable bonds is 5. The van der Waals surface area contributed by atoms with E-state index in [4.69, 9.17) is 9.47 Å². The summed E-state index contributed by atoms with van der Waals surface area (Å²) in [7, 11) is 1.47. The lowest BCUT2D eigenvalue weighted by Gasteiger charge is -2.13. The highest BCUT2D eigenvalue weighted by Crippen LogP contribution is 2.11. The topological polar surface area (TPSA) is 64.6 Å². The standard InChI is InChI=1S/C12H15NO4/c1-9(12(15)16-8-11(14)13-2)17-10-6-4-3-5-7-10/h3-7,9H,8H2,1-2H3,(H,13,14)/t9-/m1/s1. The van der Waals surface area contributed by atoms with Crippen molar-refractivity contribution in [3.63, 3.8) is 0 Å². The molecule has 17 heavy (non-hydrogen) atoms. The second-order valence-corrected chi connectivity index (χ2v) is 3.35. The second kappa shape index (κ2) is 6.52. The molecule has 0 bridgehead atoms. The molecule has 92 valence electrons. The monoisotopic (exact) mass is 237 g/mol. The van der Waals surface area contributed by atoms with Gasteiger partial charge in [0.05, 0.1) is 0 Å². The van der Waals surface area contributed by atoms with Crippen LogP contribution in [0, 0.1) is 0 Å². The van der Waals surface area contributed by atoms with Crippen molar-refractivity contribution in [2.45, 2.75) is 13.0 Å². The fourth-order valence-electron chi connectivity index (χ4n) is 1.08. The Hall–Kier alpha value is -2.04. The number of ether oxygens (including phenoxy) is 2. The SMILES string of the molecule is CNC(=O)COC(=O)[C@@H](C)Oc1ccccc1. The van der Waals surface area contributed by atoms with E-state index in [1.165, 1.54) is 7.05 Å². The number of benzene rings is 1. The van der Waals surface area contributed by atoms with E-state index >= 15 is 0 Å². The van der Waals surface area contributed by atoms with Crippen molar-refractivity contribution < 1.29 is 19.1 Å². The maximum Gasteiger partial charge on any atom is 0.347 e. The average molecular weight is 237 g/mol. The number of hydrogen-bond acceptors (Lipinski definition) is 4. The van der Waals surface area contributed by atoms with E-state index in [1.54, 1.807) is 31.2 Å². The van der Waals surface area contributed by atoms with Gasteiger partial charge in [-0.05, 0) is 19.1 Å². The molecule has 5 nitrogen and oxygen atoms in total. The molecule has 0 fully saturated rings. The first-order valence-electron chi connectivity index (χ1n) is 5.22. The van der Waals surface area contributed by atoms with E-state index in [-0.39, 0.29) is 12.5 Å². The number of para-hydroxylation sites is 1. The van der Waals surface area contributed by atoms with E-state index in [1.807, 2.05) is 6.07 Å². The Balaban J connectivity index is 2.40. The van der Waals surface area contributed by atoms with Gasteiger partial charge in [0.15, 0.2) is 12.7 Å². The highest BCUT2D eigenvalue weighted by Gasteiger charge is 2.17. The molecule has 1 amide bonds. The average Bonchev–Trinajstić information content (AvgIpc) is 2.36. The van der Waals surface area contributed by atoms with Crippen LogP contribution >= 0.6 is 0 Å². The van der Waals surface area contributed by atoms with Crippen LogP contribution in [0.3, 0.4) is 0 Å². The summed E-state index contributed by atoms with van der Waals surface area (Å²) in [5, 5.41) is 2.35. The number of carbonyl (C=O) groups excluding carboxylic acids is 2. The minimum Gasteiger partial charge on any atom is -0.479 e. The van der Waals surface area contributed by atoms with Gasteiger partial charge in [0.25, 0.3) is 5.91 Å². The highest BCUT2D eigenvalue weighted by atomic mass is 16.6. The number of nitrogens with one attached hydrogen (secondary N) is 1. The van der Waals surface area contributed by atoms with Crippen molar-refractivity contribution in [3.05, 3.63) is 30.3 Å². The lowest BCUT2D eigenvalue weighted by molar-refractivity contribution is -0.154. The molecule has 1 atom stereocenters. The molecule has 0 aliphatic rings. The van der Waals surface area contributed by atoms with E-state index < -0.39 is 12.1 Å². The molecular formula is C12H15NO4. The predicted molar refractivity (Wildman–Crippen MR) is 61.6 cm³/mol. The van der Waals surface area contributed by atoms with E-state index in [9.17, 15) is 9.59 Å². The molecule has 1 aromatic carbocycles. The van der Waals surface area contributed by atoms with Gasteiger partial charge < -0.3 is 14.8 Å². The molecular weight excluding hydrogens is 222 g/mol. The third-order valence-electron chi connectivity index (χ3n) is 2.01. The van der Waals surface area contributed by atoms with Crippen molar-refractivity contribution in [2.24, 2.45) is 0 Å². The molecule has 0 aromatic heterocycles. The Morgan fingerprint density at radius 2 is 1.94 bits per heavy atom. The van der Waals surface area contributed by atoms with E-state index in [2.05, 4.69) is 5.32 Å². The summed E-state index contributed by atoms with van der Waals surface area (Å²) < 4.78 is 10.1. The van der Waals surface area contributed by atoms with Crippen LogP contribution in [0.15, 0.2) is 30.3 Å². The van der Waals surface area contributed by atoms with E-state index in [0.717, 1.165) is 0 Å². The van der Waals surface area contributed by atoms with Gasteiger partial charge in [-0.15, -0.1) is 0 Å². The van der Waals surface area contributed by atoms with Gasteiger partial charge in [0, 0.05) is 7.05 Å². The molecule has 1 aromatic rings. The number of likely N-dealkylation sites (N-methyl/N-ethyl adjacent to an activating group) is 1. The summed E-state index contributed by atoms with van der Waals surface area (Å²) in [6.45, 7) is 1.27. The van der Waals surface area contributed by atoms with Crippen LogP contribution in [0.25, 0.3) is 0 Å². The van der Waals surface area contributed by atoms with Gasteiger partial charge in [-0.3, -0.25) is 4.79 Å². The molecule has 0 heterocycles. The molecule has 0 radical (unpaired) electrons. The largest absolute Gasteiger partial charge is 0.479 e. The highest BCUT2D eigenvalue weighted by molar-refractivity contribution is 5.81. The molecule has 0 spiro atoms. The van der Waals surface area contributed by atoms with E-state index in [0.29, 0.717) is 5.75 Å². The zero-order valence-corrected chi connectivity index (χ0v) is 9.80. The first kappa shape index (κ1) is 13.0. The first-order chi connectivity index (χ1) is 8.13. The summed E-state index contributed by atoms with van der Waals surface area (Å²) in [5.74, 6) is -0.348. The normalized spacial score (nSPS) is 11.4. The predicted octanol–water partition coefficient (Wildman–Crippen LogP) is 0.743. The van der Waals surface area contributed by atoms with Crippen LogP contribution in [-0.4, -0.2) is 31.6 Å². The number of carbonyl (C=O) groups is 2. The van der Waals surface area contributed by atoms with Crippen molar-refractivity contribution >= 4 is 11.9 Å². The molecule has 1 N–H and O–H groups in total. The Labute approximate surface area is 99.7 Å². The third kappa shape index (κ3) is 4.55. The fraction of sp³-hybridized carbons (Fsp3) is 0.333. The summed E-state index contributed by atoms with van der Waals surface area (Å²) in [6, 6.07) is 8.93. The van der Waals surface area contributed by atoms with Gasteiger partial charge in [0.2, 0.25) is 0 Å². The van der Waals surface area contributed by atoms with Crippen LogP contribution in [0.4, 0.5) is 0 Å². The molecule has 0 saturated carbocycles. The Kier molecular flexibility index (Phi) is 5.00. The number of amides is 1. The van der Waals surface area contributed by atoms with Gasteiger partial charge in [-0.25, -0.2) is 4.79 Å². The zero-order valence-electron chi connectivity index (χ0n) is 9.80. The maximum absolute atomic E-state index is 11.4. The quantitative estimate of drug-likeness (QED) is 0.767. The summed E-state index contributed by atoms with van der Waals surface area (Å²) in [6.07, 6.45) is -0.748. The minimum atomic E-state index is -0.748. The molecule has 0 aliphatic heterocycles. The van der Waals surface area contributed by atoms with Crippen molar-refractivity contribution in [1.82, 2.24) is 5.32 Å². The fourth-order valence-corrected chi connectivity index (χ4v) is 1.08. The molecule has 0 aliphatic carbocycles. The minimum absolute atomic E-state index is 0.294. The Morgan fingerprint density at radius 1 is 1.29 bits per heavy atom. The van der Waals surface area contributed by atoms with Crippen molar-refractivity contribution in [1.29, 1.82) is 0 Å². The smallest absolute Gasteiger partial charge is 0.347 e. The zero-order chi connectivity index (χ0) is 12.7. The first-order valence-corrected chi connectivity index (χ1v) is 5.22. The maximum atomic E-state index is 11.4. The van der Waals surface area contributed by atoms with Gasteiger partial charge in [-0.2, -0.15) is 0 Å². The second-order valence-electron chi connectivity index (χ2n) is 3.35. The Bertz CT molecular complexity index is 377. The molecule has 0 saturated heterocycles. The van der Waals surface area contributed by atoms with Gasteiger partial charge in [-0.1, -0.05) is 18.2 Å². The van der Waals surface area contributed by atoms with Gasteiger partial charge in [0.1, 0.15) is 5.75 Å².